The number of aromatic nitrogens is 1. The number of carbonyl (C=O) groups is 1. The Morgan fingerprint density at radius 3 is 2.60 bits per heavy atom. The maximum Gasteiger partial charge on any atom is 0.351 e. The van der Waals surface area contributed by atoms with E-state index in [9.17, 15) is 9.18 Å². The molecule has 1 heterocycles. The van der Waals surface area contributed by atoms with Gasteiger partial charge >= 0.3 is 5.97 Å². The third kappa shape index (κ3) is 3.97. The Balaban J connectivity index is 1.97. The number of ether oxygens (including phenoxy) is 1. The average molecular weight is 377 g/mol. The van der Waals surface area contributed by atoms with Gasteiger partial charge in [-0.15, -0.1) is 0 Å². The average Bonchev–Trinajstić information content (AvgIpc) is 3.00. The Bertz CT molecular complexity index is 886. The van der Waals surface area contributed by atoms with Crippen LogP contribution in [0.5, 0.6) is 0 Å². The largest absolute Gasteiger partial charge is 0.465 e. The Kier molecular flexibility index (Phi) is 5.31. The molecule has 0 spiro atoms. The second kappa shape index (κ2) is 7.63. The van der Waals surface area contributed by atoms with E-state index in [0.717, 1.165) is 22.5 Å². The highest BCUT2D eigenvalue weighted by Crippen LogP contribution is 2.32. The molecule has 1 aromatic heterocycles. The lowest BCUT2D eigenvalue weighted by atomic mass is 9.99. The maximum atomic E-state index is 13.7. The van der Waals surface area contributed by atoms with Crippen molar-refractivity contribution >= 4 is 34.0 Å². The molecule has 0 radical (unpaired) electrons. The van der Waals surface area contributed by atoms with Gasteiger partial charge in [0, 0.05) is 0 Å². The molecule has 0 aliphatic rings. The molecule has 0 bridgehead atoms. The molecule has 0 amide bonds. The number of rotatable bonds is 5. The summed E-state index contributed by atoms with van der Waals surface area (Å²) >= 11 is 7.11. The molecule has 2 aromatic carbocycles. The van der Waals surface area contributed by atoms with Gasteiger partial charge in [0.05, 0.1) is 13.2 Å². The number of halogens is 2. The summed E-state index contributed by atoms with van der Waals surface area (Å²) < 4.78 is 18.4. The van der Waals surface area contributed by atoms with Crippen molar-refractivity contribution in [3.8, 4) is 0 Å². The van der Waals surface area contributed by atoms with Crippen LogP contribution in [0.15, 0.2) is 54.6 Å². The van der Waals surface area contributed by atoms with E-state index in [4.69, 9.17) is 16.3 Å². The number of methoxy groups -OCH3 is 1. The Morgan fingerprint density at radius 1 is 1.20 bits per heavy atom. The fourth-order valence-electron chi connectivity index (χ4n) is 2.40. The van der Waals surface area contributed by atoms with E-state index < -0.39 is 5.97 Å². The standard InChI is InChI=1S/C18H14ClFN2O2S/c1-24-17(23)15-16(19)22-18(25-15)21-14(11-6-3-2-4-7-11)12-8-5-9-13(20)10-12/h2-10,14H,1H3,(H,21,22). The molecule has 128 valence electrons. The number of anilines is 1. The lowest BCUT2D eigenvalue weighted by Crippen LogP contribution is -2.12. The van der Waals surface area contributed by atoms with Crippen LogP contribution in [0.2, 0.25) is 5.15 Å². The van der Waals surface area contributed by atoms with Crippen molar-refractivity contribution in [2.75, 3.05) is 12.4 Å². The van der Waals surface area contributed by atoms with E-state index >= 15 is 0 Å². The number of esters is 1. The Hall–Kier alpha value is -2.44. The molecule has 4 nitrogen and oxygen atoms in total. The SMILES string of the molecule is COC(=O)c1sc(NC(c2ccccc2)c2cccc(F)c2)nc1Cl. The van der Waals surface area contributed by atoms with Crippen molar-refractivity contribution in [2.24, 2.45) is 0 Å². The number of thiazole rings is 1. The topological polar surface area (TPSA) is 51.2 Å². The van der Waals surface area contributed by atoms with Gasteiger partial charge in [-0.2, -0.15) is 0 Å². The minimum atomic E-state index is -0.544. The van der Waals surface area contributed by atoms with E-state index in [2.05, 4.69) is 10.3 Å². The van der Waals surface area contributed by atoms with Gasteiger partial charge in [-0.25, -0.2) is 14.2 Å². The fraction of sp³-hybridized carbons (Fsp3) is 0.111. The lowest BCUT2D eigenvalue weighted by molar-refractivity contribution is 0.0606. The van der Waals surface area contributed by atoms with Crippen molar-refractivity contribution in [3.63, 3.8) is 0 Å². The summed E-state index contributed by atoms with van der Waals surface area (Å²) in [5, 5.41) is 3.75. The van der Waals surface area contributed by atoms with Crippen LogP contribution in [0.1, 0.15) is 26.8 Å². The minimum absolute atomic E-state index is 0.0744. The zero-order valence-corrected chi connectivity index (χ0v) is 14.8. The molecule has 1 atom stereocenters. The molecule has 7 heteroatoms. The molecule has 0 aliphatic heterocycles. The molecule has 3 aromatic rings. The second-order valence-corrected chi connectivity index (χ2v) is 6.53. The van der Waals surface area contributed by atoms with E-state index in [-0.39, 0.29) is 21.9 Å². The first-order valence-corrected chi connectivity index (χ1v) is 8.59. The van der Waals surface area contributed by atoms with Crippen molar-refractivity contribution in [1.29, 1.82) is 0 Å². The third-order valence-electron chi connectivity index (χ3n) is 3.54. The highest BCUT2D eigenvalue weighted by Gasteiger charge is 2.21. The molecule has 0 saturated carbocycles. The molecule has 3 rings (SSSR count). The molecule has 1 N–H and O–H groups in total. The van der Waals surface area contributed by atoms with Crippen LogP contribution in [-0.4, -0.2) is 18.1 Å². The smallest absolute Gasteiger partial charge is 0.351 e. The summed E-state index contributed by atoms with van der Waals surface area (Å²) in [6, 6.07) is 15.5. The van der Waals surface area contributed by atoms with Crippen LogP contribution in [0.4, 0.5) is 9.52 Å². The summed E-state index contributed by atoms with van der Waals surface area (Å²) in [5.41, 5.74) is 1.66. The van der Waals surface area contributed by atoms with Gasteiger partial charge in [0.25, 0.3) is 0 Å². The molecule has 0 aliphatic carbocycles. The van der Waals surface area contributed by atoms with Crippen LogP contribution in [0, 0.1) is 5.82 Å². The highest BCUT2D eigenvalue weighted by molar-refractivity contribution is 7.18. The van der Waals surface area contributed by atoms with Gasteiger partial charge in [0.15, 0.2) is 15.2 Å². The van der Waals surface area contributed by atoms with Crippen LogP contribution < -0.4 is 5.32 Å². The summed E-state index contributed by atoms with van der Waals surface area (Å²) in [4.78, 5) is 16.1. The zero-order valence-electron chi connectivity index (χ0n) is 13.2. The molecule has 1 unspecified atom stereocenters. The monoisotopic (exact) mass is 376 g/mol. The first kappa shape index (κ1) is 17.4. The zero-order chi connectivity index (χ0) is 17.8. The summed E-state index contributed by atoms with van der Waals surface area (Å²) in [6.07, 6.45) is 0. The number of benzene rings is 2. The molecular weight excluding hydrogens is 363 g/mol. The number of nitrogens with zero attached hydrogens (tertiary/aromatic N) is 1. The number of carbonyl (C=O) groups excluding carboxylic acids is 1. The molecule has 0 saturated heterocycles. The third-order valence-corrected chi connectivity index (χ3v) is 4.89. The van der Waals surface area contributed by atoms with E-state index in [1.807, 2.05) is 36.4 Å². The van der Waals surface area contributed by atoms with E-state index in [0.29, 0.717) is 5.13 Å². The molecular formula is C18H14ClFN2O2S. The van der Waals surface area contributed by atoms with Crippen molar-refractivity contribution in [1.82, 2.24) is 4.98 Å². The highest BCUT2D eigenvalue weighted by atomic mass is 35.5. The number of hydrogen-bond donors (Lipinski definition) is 1. The van der Waals surface area contributed by atoms with Crippen LogP contribution >= 0.6 is 22.9 Å². The fourth-order valence-corrected chi connectivity index (χ4v) is 3.53. The molecule has 25 heavy (non-hydrogen) atoms. The van der Waals surface area contributed by atoms with Crippen LogP contribution in [-0.2, 0) is 4.74 Å². The second-order valence-electron chi connectivity index (χ2n) is 5.17. The Labute approximate surface area is 153 Å². The molecule has 0 fully saturated rings. The van der Waals surface area contributed by atoms with Gasteiger partial charge in [-0.1, -0.05) is 65.4 Å². The minimum Gasteiger partial charge on any atom is -0.465 e. The van der Waals surface area contributed by atoms with E-state index in [1.165, 1.54) is 19.2 Å². The summed E-state index contributed by atoms with van der Waals surface area (Å²) in [5.74, 6) is -0.870. The Morgan fingerprint density at radius 2 is 1.92 bits per heavy atom. The number of nitrogens with one attached hydrogen (secondary N) is 1. The van der Waals surface area contributed by atoms with Crippen molar-refractivity contribution in [2.45, 2.75) is 6.04 Å². The summed E-state index contributed by atoms with van der Waals surface area (Å²) in [6.45, 7) is 0. The predicted octanol–water partition coefficient (Wildman–Crippen LogP) is 4.92. The van der Waals surface area contributed by atoms with E-state index in [1.54, 1.807) is 6.07 Å². The van der Waals surface area contributed by atoms with Gasteiger partial charge in [0.1, 0.15) is 5.82 Å². The summed E-state index contributed by atoms with van der Waals surface area (Å²) in [7, 11) is 1.28. The van der Waals surface area contributed by atoms with Gasteiger partial charge in [-0.3, -0.25) is 0 Å². The number of hydrogen-bond acceptors (Lipinski definition) is 5. The van der Waals surface area contributed by atoms with Crippen LogP contribution in [0.3, 0.4) is 0 Å². The van der Waals surface area contributed by atoms with Gasteiger partial charge in [-0.05, 0) is 23.3 Å². The maximum absolute atomic E-state index is 13.7. The van der Waals surface area contributed by atoms with Crippen molar-refractivity contribution < 1.29 is 13.9 Å². The van der Waals surface area contributed by atoms with Gasteiger partial charge in [0.2, 0.25) is 0 Å². The first-order chi connectivity index (χ1) is 12.1. The quantitative estimate of drug-likeness (QED) is 0.642. The predicted molar refractivity (Wildman–Crippen MR) is 96.8 cm³/mol. The normalized spacial score (nSPS) is 11.8. The first-order valence-electron chi connectivity index (χ1n) is 7.40. The van der Waals surface area contributed by atoms with Crippen molar-refractivity contribution in [3.05, 3.63) is 81.6 Å². The lowest BCUT2D eigenvalue weighted by Gasteiger charge is -2.19. The van der Waals surface area contributed by atoms with Gasteiger partial charge < -0.3 is 10.1 Å². The van der Waals surface area contributed by atoms with Crippen LogP contribution in [0.25, 0.3) is 0 Å².